The van der Waals surface area contributed by atoms with Gasteiger partial charge in [0.2, 0.25) is 0 Å². The molecule has 0 amide bonds. The predicted octanol–water partition coefficient (Wildman–Crippen LogP) is 3.52. The largest absolute Gasteiger partial charge is 0.494 e. The normalized spacial score (nSPS) is 10.5. The quantitative estimate of drug-likeness (QED) is 0.749. The fourth-order valence-corrected chi connectivity index (χ4v) is 1.43. The number of carboxylic acids is 1. The van der Waals surface area contributed by atoms with E-state index >= 15 is 0 Å². The van der Waals surface area contributed by atoms with Crippen molar-refractivity contribution in [3.8, 4) is 5.75 Å². The van der Waals surface area contributed by atoms with Crippen LogP contribution in [0.2, 0.25) is 0 Å². The topological polar surface area (TPSA) is 46.5 Å². The highest BCUT2D eigenvalue weighted by molar-refractivity contribution is 5.85. The molecular formula is C15H18O3. The number of carboxylic acid groups (broad SMARTS) is 1. The monoisotopic (exact) mass is 246 g/mol. The van der Waals surface area contributed by atoms with Crippen LogP contribution >= 0.6 is 0 Å². The first kappa shape index (κ1) is 14.0. The molecule has 0 bridgehead atoms. The van der Waals surface area contributed by atoms with Gasteiger partial charge in [-0.15, -0.1) is 0 Å². The Kier molecular flexibility index (Phi) is 5.71. The Balaban J connectivity index is 2.42. The van der Waals surface area contributed by atoms with E-state index in [-0.39, 0.29) is 5.57 Å². The molecule has 0 atom stereocenters. The molecule has 0 unspecified atom stereocenters. The summed E-state index contributed by atoms with van der Waals surface area (Å²) in [5.41, 5.74) is 1.31. The summed E-state index contributed by atoms with van der Waals surface area (Å²) in [6.45, 7) is 6.09. The highest BCUT2D eigenvalue weighted by atomic mass is 16.5. The van der Waals surface area contributed by atoms with E-state index in [0.29, 0.717) is 19.4 Å². The van der Waals surface area contributed by atoms with Gasteiger partial charge in [-0.2, -0.15) is 0 Å². The first-order valence-electron chi connectivity index (χ1n) is 5.94. The fraction of sp³-hybridized carbons (Fsp3) is 0.267. The number of hydrogen-bond acceptors (Lipinski definition) is 2. The van der Waals surface area contributed by atoms with E-state index in [1.807, 2.05) is 43.3 Å². The van der Waals surface area contributed by atoms with E-state index in [9.17, 15) is 4.79 Å². The van der Waals surface area contributed by atoms with Crippen molar-refractivity contribution < 1.29 is 14.6 Å². The summed E-state index contributed by atoms with van der Waals surface area (Å²) in [5.74, 6) is -0.0710. The Hall–Kier alpha value is -2.03. The molecule has 0 aliphatic carbocycles. The van der Waals surface area contributed by atoms with Crippen LogP contribution in [-0.2, 0) is 4.79 Å². The average molecular weight is 246 g/mol. The van der Waals surface area contributed by atoms with Crippen LogP contribution in [0.15, 0.2) is 42.5 Å². The molecule has 1 aromatic rings. The minimum absolute atomic E-state index is 0.242. The molecule has 1 aromatic carbocycles. The molecule has 0 saturated heterocycles. The van der Waals surface area contributed by atoms with Gasteiger partial charge in [0.1, 0.15) is 5.75 Å². The van der Waals surface area contributed by atoms with Gasteiger partial charge in [0.15, 0.2) is 0 Å². The lowest BCUT2D eigenvalue weighted by Gasteiger charge is -2.02. The molecule has 0 fully saturated rings. The molecule has 0 saturated carbocycles. The van der Waals surface area contributed by atoms with E-state index in [4.69, 9.17) is 9.84 Å². The minimum Gasteiger partial charge on any atom is -0.494 e. The highest BCUT2D eigenvalue weighted by Gasteiger charge is 2.00. The van der Waals surface area contributed by atoms with Crippen LogP contribution in [0.4, 0.5) is 0 Å². The van der Waals surface area contributed by atoms with Crippen molar-refractivity contribution in [2.24, 2.45) is 0 Å². The van der Waals surface area contributed by atoms with Gasteiger partial charge in [-0.1, -0.05) is 30.9 Å². The summed E-state index contributed by atoms with van der Waals surface area (Å²) in [7, 11) is 0. The Bertz CT molecular complexity index is 430. The van der Waals surface area contributed by atoms with Crippen LogP contribution < -0.4 is 4.74 Å². The minimum atomic E-state index is -0.926. The fourth-order valence-electron chi connectivity index (χ4n) is 1.43. The standard InChI is InChI=1S/C15H18O3/c1-3-18-14-10-8-13(9-11-14)7-5-4-6-12(2)15(16)17/h5,7-11H,2-4,6H2,1H3,(H,16,17). The zero-order chi connectivity index (χ0) is 13.4. The number of rotatable bonds is 7. The smallest absolute Gasteiger partial charge is 0.330 e. The van der Waals surface area contributed by atoms with Gasteiger partial charge in [-0.3, -0.25) is 0 Å². The van der Waals surface area contributed by atoms with Crippen molar-refractivity contribution in [1.29, 1.82) is 0 Å². The lowest BCUT2D eigenvalue weighted by Crippen LogP contribution is -1.97. The van der Waals surface area contributed by atoms with E-state index in [1.54, 1.807) is 0 Å². The van der Waals surface area contributed by atoms with Gasteiger partial charge in [-0.05, 0) is 37.5 Å². The maximum atomic E-state index is 10.5. The van der Waals surface area contributed by atoms with Crippen LogP contribution in [0, 0.1) is 0 Å². The highest BCUT2D eigenvalue weighted by Crippen LogP contribution is 2.13. The van der Waals surface area contributed by atoms with Crippen LogP contribution in [0.1, 0.15) is 25.3 Å². The summed E-state index contributed by atoms with van der Waals surface area (Å²) < 4.78 is 5.34. The molecule has 1 rings (SSSR count). The SMILES string of the molecule is C=C(CCC=Cc1ccc(OCC)cc1)C(=O)O. The zero-order valence-corrected chi connectivity index (χ0v) is 10.6. The number of aliphatic carboxylic acids is 1. The summed E-state index contributed by atoms with van der Waals surface area (Å²) in [6.07, 6.45) is 5.07. The van der Waals surface area contributed by atoms with Gasteiger partial charge in [0, 0.05) is 5.57 Å². The van der Waals surface area contributed by atoms with Gasteiger partial charge in [0.25, 0.3) is 0 Å². The maximum absolute atomic E-state index is 10.5. The molecular weight excluding hydrogens is 228 g/mol. The van der Waals surface area contributed by atoms with E-state index in [1.165, 1.54) is 0 Å². The van der Waals surface area contributed by atoms with Crippen LogP contribution in [0.3, 0.4) is 0 Å². The first-order valence-corrected chi connectivity index (χ1v) is 5.94. The van der Waals surface area contributed by atoms with Crippen molar-refractivity contribution in [1.82, 2.24) is 0 Å². The zero-order valence-electron chi connectivity index (χ0n) is 10.6. The summed E-state index contributed by atoms with van der Waals surface area (Å²) in [5, 5.41) is 8.64. The second-order valence-corrected chi connectivity index (χ2v) is 3.85. The Morgan fingerprint density at radius 3 is 2.61 bits per heavy atom. The van der Waals surface area contributed by atoms with Crippen molar-refractivity contribution in [2.45, 2.75) is 19.8 Å². The van der Waals surface area contributed by atoms with E-state index in [2.05, 4.69) is 6.58 Å². The molecule has 0 heterocycles. The molecule has 0 aliphatic rings. The summed E-state index contributed by atoms with van der Waals surface area (Å²) >= 11 is 0. The number of benzene rings is 1. The van der Waals surface area contributed by atoms with Gasteiger partial charge < -0.3 is 9.84 Å². The molecule has 3 heteroatoms. The van der Waals surface area contributed by atoms with Crippen molar-refractivity contribution >= 4 is 12.0 Å². The van der Waals surface area contributed by atoms with Crippen LogP contribution in [0.5, 0.6) is 5.75 Å². The molecule has 18 heavy (non-hydrogen) atoms. The second kappa shape index (κ2) is 7.33. The average Bonchev–Trinajstić information content (AvgIpc) is 2.36. The van der Waals surface area contributed by atoms with Crippen LogP contribution in [-0.4, -0.2) is 17.7 Å². The van der Waals surface area contributed by atoms with E-state index < -0.39 is 5.97 Å². The van der Waals surface area contributed by atoms with Crippen molar-refractivity contribution in [3.63, 3.8) is 0 Å². The molecule has 0 spiro atoms. The third-order valence-electron chi connectivity index (χ3n) is 2.42. The molecule has 3 nitrogen and oxygen atoms in total. The third-order valence-corrected chi connectivity index (χ3v) is 2.42. The molecule has 1 N–H and O–H groups in total. The first-order chi connectivity index (χ1) is 8.63. The molecule has 0 aromatic heterocycles. The lowest BCUT2D eigenvalue weighted by molar-refractivity contribution is -0.132. The number of hydrogen-bond donors (Lipinski definition) is 1. The Morgan fingerprint density at radius 2 is 2.06 bits per heavy atom. The van der Waals surface area contributed by atoms with Gasteiger partial charge in [0.05, 0.1) is 6.61 Å². The summed E-state index contributed by atoms with van der Waals surface area (Å²) in [4.78, 5) is 10.5. The lowest BCUT2D eigenvalue weighted by atomic mass is 10.1. The predicted molar refractivity (Wildman–Crippen MR) is 72.7 cm³/mol. The van der Waals surface area contributed by atoms with Gasteiger partial charge >= 0.3 is 5.97 Å². The van der Waals surface area contributed by atoms with Gasteiger partial charge in [-0.25, -0.2) is 4.79 Å². The Labute approximate surface area is 107 Å². The number of allylic oxidation sites excluding steroid dienone is 1. The van der Waals surface area contributed by atoms with Crippen molar-refractivity contribution in [3.05, 3.63) is 48.1 Å². The number of ether oxygens (including phenoxy) is 1. The maximum Gasteiger partial charge on any atom is 0.330 e. The van der Waals surface area contributed by atoms with Crippen LogP contribution in [0.25, 0.3) is 6.08 Å². The van der Waals surface area contributed by atoms with E-state index in [0.717, 1.165) is 11.3 Å². The second-order valence-electron chi connectivity index (χ2n) is 3.85. The van der Waals surface area contributed by atoms with Crippen molar-refractivity contribution in [2.75, 3.05) is 6.61 Å². The number of carbonyl (C=O) groups is 1. The third kappa shape index (κ3) is 4.87. The molecule has 0 radical (unpaired) electrons. The molecule has 96 valence electrons. The Morgan fingerprint density at radius 1 is 1.39 bits per heavy atom. The molecule has 0 aliphatic heterocycles. The summed E-state index contributed by atoms with van der Waals surface area (Å²) in [6, 6.07) is 7.76.